The molecule has 1 rings (SSSR count). The van der Waals surface area contributed by atoms with Gasteiger partial charge in [0, 0.05) is 0 Å². The largest absolute Gasteiger partial charge is 0.309 e. The van der Waals surface area contributed by atoms with Gasteiger partial charge in [0.1, 0.15) is 0 Å². The van der Waals surface area contributed by atoms with Crippen LogP contribution < -0.4 is 5.32 Å². The second kappa shape index (κ2) is 4.15. The van der Waals surface area contributed by atoms with Crippen LogP contribution in [0.4, 0.5) is 0 Å². The zero-order valence-electron chi connectivity index (χ0n) is 7.78. The van der Waals surface area contributed by atoms with Gasteiger partial charge in [-0.05, 0) is 17.7 Å². The van der Waals surface area contributed by atoms with Gasteiger partial charge in [-0.2, -0.15) is 4.80 Å². The van der Waals surface area contributed by atoms with E-state index in [-0.39, 0.29) is 0 Å². The van der Waals surface area contributed by atoms with Crippen LogP contribution in [-0.2, 0) is 13.6 Å². The van der Waals surface area contributed by atoms with Crippen LogP contribution in [0.15, 0.2) is 0 Å². The molecular weight excluding hydrogens is 154 g/mol. The highest BCUT2D eigenvalue weighted by Crippen LogP contribution is 1.89. The van der Waals surface area contributed by atoms with Crippen LogP contribution in [0.3, 0.4) is 0 Å². The number of rotatable bonds is 4. The Kier molecular flexibility index (Phi) is 3.16. The van der Waals surface area contributed by atoms with Gasteiger partial charge in [0.2, 0.25) is 0 Å². The quantitative estimate of drug-likeness (QED) is 0.687. The second-order valence-electron chi connectivity index (χ2n) is 3.22. The van der Waals surface area contributed by atoms with Gasteiger partial charge in [-0.3, -0.25) is 0 Å². The number of hydrogen-bond acceptors (Lipinski definition) is 4. The van der Waals surface area contributed by atoms with E-state index in [9.17, 15) is 0 Å². The Hall–Kier alpha value is -0.970. The third-order valence-electron chi connectivity index (χ3n) is 1.39. The maximum absolute atomic E-state index is 4.04. The molecule has 1 N–H and O–H groups in total. The summed E-state index contributed by atoms with van der Waals surface area (Å²) in [6, 6.07) is 0. The maximum atomic E-state index is 4.04. The fourth-order valence-corrected chi connectivity index (χ4v) is 0.867. The molecule has 1 aromatic rings. The van der Waals surface area contributed by atoms with Crippen molar-refractivity contribution in [2.45, 2.75) is 20.4 Å². The van der Waals surface area contributed by atoms with Gasteiger partial charge in [0.15, 0.2) is 5.82 Å². The van der Waals surface area contributed by atoms with Gasteiger partial charge in [-0.1, -0.05) is 13.8 Å². The summed E-state index contributed by atoms with van der Waals surface area (Å²) in [5, 5.41) is 14.9. The Morgan fingerprint density at radius 1 is 1.50 bits per heavy atom. The molecule has 0 spiro atoms. The van der Waals surface area contributed by atoms with Gasteiger partial charge < -0.3 is 5.32 Å². The van der Waals surface area contributed by atoms with Crippen molar-refractivity contribution in [3.63, 3.8) is 0 Å². The van der Waals surface area contributed by atoms with Crippen molar-refractivity contribution in [2.24, 2.45) is 13.0 Å². The molecule has 0 saturated heterocycles. The Bertz CT molecular complexity index is 229. The van der Waals surface area contributed by atoms with E-state index in [1.165, 1.54) is 4.80 Å². The molecule has 0 bridgehead atoms. The van der Waals surface area contributed by atoms with Gasteiger partial charge in [-0.25, -0.2) is 0 Å². The van der Waals surface area contributed by atoms with Crippen LogP contribution in [0.5, 0.6) is 0 Å². The summed E-state index contributed by atoms with van der Waals surface area (Å²) in [4.78, 5) is 1.46. The first-order chi connectivity index (χ1) is 5.68. The minimum atomic E-state index is 0.654. The predicted molar refractivity (Wildman–Crippen MR) is 45.3 cm³/mol. The molecule has 0 saturated carbocycles. The summed E-state index contributed by atoms with van der Waals surface area (Å²) in [5.41, 5.74) is 0. The summed E-state index contributed by atoms with van der Waals surface area (Å²) < 4.78 is 0. The predicted octanol–water partition coefficient (Wildman–Crippen LogP) is -0.0443. The monoisotopic (exact) mass is 169 g/mol. The third-order valence-corrected chi connectivity index (χ3v) is 1.39. The van der Waals surface area contributed by atoms with Gasteiger partial charge in [0.05, 0.1) is 13.6 Å². The molecule has 68 valence electrons. The molecule has 0 amide bonds. The lowest BCUT2D eigenvalue weighted by Crippen LogP contribution is -2.19. The van der Waals surface area contributed by atoms with E-state index in [4.69, 9.17) is 0 Å². The molecule has 5 heteroatoms. The van der Waals surface area contributed by atoms with Crippen LogP contribution >= 0.6 is 0 Å². The lowest BCUT2D eigenvalue weighted by molar-refractivity contribution is 0.541. The highest BCUT2D eigenvalue weighted by atomic mass is 15.6. The van der Waals surface area contributed by atoms with Crippen molar-refractivity contribution >= 4 is 0 Å². The molecule has 1 heterocycles. The van der Waals surface area contributed by atoms with Crippen molar-refractivity contribution in [3.8, 4) is 0 Å². The van der Waals surface area contributed by atoms with Crippen molar-refractivity contribution < 1.29 is 0 Å². The highest BCUT2D eigenvalue weighted by Gasteiger charge is 1.99. The van der Waals surface area contributed by atoms with Crippen molar-refractivity contribution in [2.75, 3.05) is 6.54 Å². The highest BCUT2D eigenvalue weighted by molar-refractivity contribution is 4.74. The Morgan fingerprint density at radius 2 is 2.25 bits per heavy atom. The topological polar surface area (TPSA) is 55.6 Å². The van der Waals surface area contributed by atoms with Crippen molar-refractivity contribution in [3.05, 3.63) is 5.82 Å². The molecule has 0 unspecified atom stereocenters. The van der Waals surface area contributed by atoms with Crippen LogP contribution in [0.2, 0.25) is 0 Å². The molecule has 1 aromatic heterocycles. The second-order valence-corrected chi connectivity index (χ2v) is 3.22. The molecular formula is C7H15N5. The fraction of sp³-hybridized carbons (Fsp3) is 0.857. The molecule has 0 aromatic carbocycles. The van der Waals surface area contributed by atoms with E-state index < -0.39 is 0 Å². The summed E-state index contributed by atoms with van der Waals surface area (Å²) in [6.07, 6.45) is 0. The minimum Gasteiger partial charge on any atom is -0.309 e. The van der Waals surface area contributed by atoms with E-state index in [2.05, 4.69) is 34.6 Å². The summed E-state index contributed by atoms with van der Waals surface area (Å²) in [6.45, 7) is 6.01. The lowest BCUT2D eigenvalue weighted by atomic mass is 10.2. The summed E-state index contributed by atoms with van der Waals surface area (Å²) in [5.74, 6) is 1.40. The number of aryl methyl sites for hydroxylation is 1. The van der Waals surface area contributed by atoms with Gasteiger partial charge in [0.25, 0.3) is 0 Å². The van der Waals surface area contributed by atoms with Crippen LogP contribution in [-0.4, -0.2) is 26.8 Å². The molecule has 12 heavy (non-hydrogen) atoms. The molecule has 0 aliphatic carbocycles. The van der Waals surface area contributed by atoms with E-state index in [0.29, 0.717) is 12.5 Å². The first-order valence-electron chi connectivity index (χ1n) is 4.12. The molecule has 0 aliphatic rings. The average Bonchev–Trinajstić information content (AvgIpc) is 2.35. The molecule has 0 radical (unpaired) electrons. The Morgan fingerprint density at radius 3 is 2.75 bits per heavy atom. The zero-order valence-corrected chi connectivity index (χ0v) is 7.78. The van der Waals surface area contributed by atoms with E-state index in [1.54, 1.807) is 7.05 Å². The maximum Gasteiger partial charge on any atom is 0.188 e. The standard InChI is InChI=1S/C7H15N5/c1-6(2)4-8-5-7-9-11-12(3)10-7/h6,8H,4-5H2,1-3H3. The van der Waals surface area contributed by atoms with E-state index >= 15 is 0 Å². The van der Waals surface area contributed by atoms with Crippen LogP contribution in [0.1, 0.15) is 19.7 Å². The van der Waals surface area contributed by atoms with Crippen LogP contribution in [0, 0.1) is 5.92 Å². The van der Waals surface area contributed by atoms with Gasteiger partial charge in [-0.15, -0.1) is 10.2 Å². The number of nitrogens with zero attached hydrogens (tertiary/aromatic N) is 4. The number of aromatic nitrogens is 4. The summed E-state index contributed by atoms with van der Waals surface area (Å²) >= 11 is 0. The first-order valence-corrected chi connectivity index (χ1v) is 4.12. The van der Waals surface area contributed by atoms with E-state index in [1.807, 2.05) is 0 Å². The number of tetrazole rings is 1. The fourth-order valence-electron chi connectivity index (χ4n) is 0.867. The van der Waals surface area contributed by atoms with Crippen molar-refractivity contribution in [1.82, 2.24) is 25.5 Å². The number of nitrogens with one attached hydrogen (secondary N) is 1. The van der Waals surface area contributed by atoms with Gasteiger partial charge >= 0.3 is 0 Å². The Balaban J connectivity index is 2.24. The smallest absolute Gasteiger partial charge is 0.188 e. The van der Waals surface area contributed by atoms with E-state index in [0.717, 1.165) is 12.4 Å². The van der Waals surface area contributed by atoms with Crippen LogP contribution in [0.25, 0.3) is 0 Å². The minimum absolute atomic E-state index is 0.654. The lowest BCUT2D eigenvalue weighted by Gasteiger charge is -2.03. The number of hydrogen-bond donors (Lipinski definition) is 1. The summed E-state index contributed by atoms with van der Waals surface area (Å²) in [7, 11) is 1.76. The third kappa shape index (κ3) is 2.96. The molecule has 5 nitrogen and oxygen atoms in total. The molecule has 0 fully saturated rings. The SMILES string of the molecule is CC(C)CNCc1nnn(C)n1. The van der Waals surface area contributed by atoms with Crippen molar-refractivity contribution in [1.29, 1.82) is 0 Å². The zero-order chi connectivity index (χ0) is 8.97. The molecule has 0 aliphatic heterocycles. The average molecular weight is 169 g/mol. The Labute approximate surface area is 72.2 Å². The first kappa shape index (κ1) is 9.12. The normalized spacial score (nSPS) is 11.0. The molecule has 0 atom stereocenters.